The molecule has 1 N–H and O–H groups in total. The van der Waals surface area contributed by atoms with E-state index in [1.165, 1.54) is 0 Å². The fourth-order valence-electron chi connectivity index (χ4n) is 5.04. The highest BCUT2D eigenvalue weighted by Gasteiger charge is 2.21. The van der Waals surface area contributed by atoms with Crippen molar-refractivity contribution in [1.29, 1.82) is 0 Å². The third-order valence-corrected chi connectivity index (χ3v) is 7.06. The molecule has 2 aliphatic heterocycles. The number of anilines is 3. The number of carbonyl (C=O) groups is 1. The molecule has 0 aliphatic carbocycles. The van der Waals surface area contributed by atoms with Crippen LogP contribution < -0.4 is 10.2 Å². The number of hydrogen-bond donors (Lipinski definition) is 1. The second kappa shape index (κ2) is 8.87. The average molecular weight is 483 g/mol. The first-order valence-electron chi connectivity index (χ1n) is 12.2. The van der Waals surface area contributed by atoms with Crippen molar-refractivity contribution < 1.29 is 9.18 Å². The zero-order valence-electron chi connectivity index (χ0n) is 20.3. The van der Waals surface area contributed by atoms with Crippen LogP contribution in [0, 0.1) is 5.82 Å². The Morgan fingerprint density at radius 1 is 1.00 bits per heavy atom. The SMILES string of the molecule is CC(C)N1CCN(c2ccc(Nc3ccc(-c4ccc5c(c4)C=NC5=O)n4ccnc34)cc2F)CC1. The molecule has 2 aromatic carbocycles. The van der Waals surface area contributed by atoms with Gasteiger partial charge in [0.25, 0.3) is 5.91 Å². The van der Waals surface area contributed by atoms with Crippen LogP contribution in [0.1, 0.15) is 29.8 Å². The van der Waals surface area contributed by atoms with Gasteiger partial charge in [-0.15, -0.1) is 0 Å². The number of nitrogens with one attached hydrogen (secondary N) is 1. The molecule has 7 nitrogen and oxygen atoms in total. The summed E-state index contributed by atoms with van der Waals surface area (Å²) in [6, 6.07) is 15.5. The summed E-state index contributed by atoms with van der Waals surface area (Å²) in [6.45, 7) is 7.91. The van der Waals surface area contributed by atoms with Gasteiger partial charge in [0.1, 0.15) is 5.82 Å². The van der Waals surface area contributed by atoms with Gasteiger partial charge >= 0.3 is 0 Å². The fraction of sp³-hybridized carbons (Fsp3) is 0.250. The molecule has 2 aliphatic rings. The average Bonchev–Trinajstić information content (AvgIpc) is 3.52. The Kier molecular flexibility index (Phi) is 5.53. The smallest absolute Gasteiger partial charge is 0.277 e. The highest BCUT2D eigenvalue weighted by molar-refractivity contribution is 6.13. The maximum atomic E-state index is 15.1. The lowest BCUT2D eigenvalue weighted by atomic mass is 10.0. The third-order valence-electron chi connectivity index (χ3n) is 7.06. The largest absolute Gasteiger partial charge is 0.367 e. The van der Waals surface area contributed by atoms with Crippen LogP contribution >= 0.6 is 0 Å². The number of benzene rings is 2. The first-order chi connectivity index (χ1) is 17.5. The summed E-state index contributed by atoms with van der Waals surface area (Å²) in [6.07, 6.45) is 5.23. The molecular formula is C28H27FN6O. The lowest BCUT2D eigenvalue weighted by Crippen LogP contribution is -2.49. The van der Waals surface area contributed by atoms with Crippen molar-refractivity contribution in [2.24, 2.45) is 4.99 Å². The topological polar surface area (TPSA) is 65.2 Å². The molecule has 2 aromatic heterocycles. The molecule has 8 heteroatoms. The number of carbonyl (C=O) groups excluding carboxylic acids is 1. The van der Waals surface area contributed by atoms with Gasteiger partial charge in [-0.3, -0.25) is 14.1 Å². The molecule has 1 amide bonds. The number of pyridine rings is 1. The molecule has 36 heavy (non-hydrogen) atoms. The normalized spacial score (nSPS) is 15.8. The van der Waals surface area contributed by atoms with Gasteiger partial charge in [0.15, 0.2) is 5.65 Å². The zero-order chi connectivity index (χ0) is 24.8. The minimum absolute atomic E-state index is 0.208. The summed E-state index contributed by atoms with van der Waals surface area (Å²) in [5.74, 6) is -0.441. The third kappa shape index (κ3) is 3.93. The highest BCUT2D eigenvalue weighted by atomic mass is 19.1. The Labute approximate surface area is 208 Å². The number of aliphatic imine (C=N–C) groups is 1. The highest BCUT2D eigenvalue weighted by Crippen LogP contribution is 2.31. The molecule has 1 saturated heterocycles. The second-order valence-electron chi connectivity index (χ2n) is 9.53. The first-order valence-corrected chi connectivity index (χ1v) is 12.2. The molecular weight excluding hydrogens is 455 g/mol. The molecule has 0 saturated carbocycles. The number of fused-ring (bicyclic) bond motifs is 2. The molecule has 0 atom stereocenters. The lowest BCUT2D eigenvalue weighted by Gasteiger charge is -2.38. The van der Waals surface area contributed by atoms with Crippen molar-refractivity contribution in [2.75, 3.05) is 36.4 Å². The molecule has 6 rings (SSSR count). The number of amides is 1. The van der Waals surface area contributed by atoms with E-state index in [2.05, 4.69) is 38.9 Å². The van der Waals surface area contributed by atoms with E-state index < -0.39 is 0 Å². The zero-order valence-corrected chi connectivity index (χ0v) is 20.3. The summed E-state index contributed by atoms with van der Waals surface area (Å²) >= 11 is 0. The Morgan fingerprint density at radius 2 is 1.83 bits per heavy atom. The van der Waals surface area contributed by atoms with Crippen LogP contribution in [0.3, 0.4) is 0 Å². The van der Waals surface area contributed by atoms with Crippen LogP contribution in [-0.4, -0.2) is 58.6 Å². The van der Waals surface area contributed by atoms with E-state index in [1.807, 2.05) is 53.1 Å². The lowest BCUT2D eigenvalue weighted by molar-refractivity contribution is 0.101. The van der Waals surface area contributed by atoms with E-state index in [1.54, 1.807) is 18.5 Å². The molecule has 0 radical (unpaired) electrons. The van der Waals surface area contributed by atoms with Gasteiger partial charge in [0, 0.05) is 62.1 Å². The summed E-state index contributed by atoms with van der Waals surface area (Å²) in [5.41, 5.74) is 6.14. The second-order valence-corrected chi connectivity index (χ2v) is 9.53. The van der Waals surface area contributed by atoms with E-state index >= 15 is 4.39 Å². The first kappa shape index (κ1) is 22.4. The van der Waals surface area contributed by atoms with Crippen LogP contribution in [0.4, 0.5) is 21.5 Å². The molecule has 4 heterocycles. The number of nitrogens with zero attached hydrogens (tertiary/aromatic N) is 5. The minimum Gasteiger partial charge on any atom is -0.367 e. The van der Waals surface area contributed by atoms with Crippen LogP contribution in [0.2, 0.25) is 0 Å². The molecule has 0 spiro atoms. The number of imidazole rings is 1. The van der Waals surface area contributed by atoms with Crippen LogP contribution in [-0.2, 0) is 0 Å². The van der Waals surface area contributed by atoms with Gasteiger partial charge in [0.05, 0.1) is 22.6 Å². The maximum Gasteiger partial charge on any atom is 0.277 e. The van der Waals surface area contributed by atoms with E-state index in [9.17, 15) is 4.79 Å². The molecule has 182 valence electrons. The van der Waals surface area contributed by atoms with E-state index in [-0.39, 0.29) is 11.7 Å². The van der Waals surface area contributed by atoms with Gasteiger partial charge in [-0.05, 0) is 61.9 Å². The Hall–Kier alpha value is -4.04. The summed E-state index contributed by atoms with van der Waals surface area (Å²) in [5, 5.41) is 3.34. The molecule has 0 bridgehead atoms. The summed E-state index contributed by atoms with van der Waals surface area (Å²) < 4.78 is 17.1. The van der Waals surface area contributed by atoms with Gasteiger partial charge < -0.3 is 10.2 Å². The van der Waals surface area contributed by atoms with Crippen LogP contribution in [0.15, 0.2) is 65.9 Å². The molecule has 4 aromatic rings. The van der Waals surface area contributed by atoms with Gasteiger partial charge in [-0.2, -0.15) is 0 Å². The summed E-state index contributed by atoms with van der Waals surface area (Å²) in [4.78, 5) is 24.8. The Morgan fingerprint density at radius 3 is 2.61 bits per heavy atom. The number of piperazine rings is 1. The molecule has 0 unspecified atom stereocenters. The van der Waals surface area contributed by atoms with Crippen molar-refractivity contribution >= 4 is 34.8 Å². The monoisotopic (exact) mass is 482 g/mol. The van der Waals surface area contributed by atoms with Crippen molar-refractivity contribution in [3.63, 3.8) is 0 Å². The number of halogens is 1. The van der Waals surface area contributed by atoms with Crippen molar-refractivity contribution in [3.8, 4) is 11.3 Å². The van der Waals surface area contributed by atoms with Crippen molar-refractivity contribution in [3.05, 3.63) is 77.9 Å². The number of hydrogen-bond acceptors (Lipinski definition) is 5. The number of aromatic nitrogens is 2. The van der Waals surface area contributed by atoms with Gasteiger partial charge in [-0.1, -0.05) is 6.07 Å². The van der Waals surface area contributed by atoms with Crippen LogP contribution in [0.25, 0.3) is 16.9 Å². The Bertz CT molecular complexity index is 1500. The quantitative estimate of drug-likeness (QED) is 0.434. The van der Waals surface area contributed by atoms with Gasteiger partial charge in [0.2, 0.25) is 0 Å². The number of rotatable bonds is 5. The van der Waals surface area contributed by atoms with Gasteiger partial charge in [-0.25, -0.2) is 14.4 Å². The van der Waals surface area contributed by atoms with E-state index in [0.29, 0.717) is 23.0 Å². The van der Waals surface area contributed by atoms with Crippen molar-refractivity contribution in [1.82, 2.24) is 14.3 Å². The minimum atomic E-state index is -0.233. The summed E-state index contributed by atoms with van der Waals surface area (Å²) in [7, 11) is 0. The molecule has 1 fully saturated rings. The standard InChI is InChI=1S/C28H27FN6O/c1-18(2)33-11-13-34(14-12-33)26-7-4-21(16-23(26)29)32-24-6-8-25(35-10-9-30-27(24)35)19-3-5-22-20(15-19)17-31-28(22)36/h3-10,15-18,32H,11-14H2,1-2H3. The predicted octanol–water partition coefficient (Wildman–Crippen LogP) is 4.99. The Balaban J connectivity index is 1.25. The fourth-order valence-corrected chi connectivity index (χ4v) is 5.04. The maximum absolute atomic E-state index is 15.1. The van der Waals surface area contributed by atoms with Crippen molar-refractivity contribution in [2.45, 2.75) is 19.9 Å². The van der Waals surface area contributed by atoms with E-state index in [4.69, 9.17) is 0 Å². The predicted molar refractivity (Wildman–Crippen MR) is 141 cm³/mol. The van der Waals surface area contributed by atoms with Crippen LogP contribution in [0.5, 0.6) is 0 Å². The van der Waals surface area contributed by atoms with E-state index in [0.717, 1.165) is 54.3 Å².